The molecule has 0 aromatic heterocycles. The number of rotatable bonds is 8. The van der Waals surface area contributed by atoms with Crippen LogP contribution in [-0.4, -0.2) is 73.3 Å². The third-order valence-corrected chi connectivity index (χ3v) is 6.15. The molecule has 8 nitrogen and oxygen atoms in total. The minimum Gasteiger partial charge on any atom is -0.326 e. The van der Waals surface area contributed by atoms with Crippen molar-refractivity contribution in [2.75, 3.05) is 61.3 Å². The summed E-state index contributed by atoms with van der Waals surface area (Å²) in [6, 6.07) is 13.1. The van der Waals surface area contributed by atoms with Crippen LogP contribution in [0.2, 0.25) is 0 Å². The van der Waals surface area contributed by atoms with Gasteiger partial charge in [0.25, 0.3) is 0 Å². The number of carbonyl (C=O) groups is 3. The second-order valence-corrected chi connectivity index (χ2v) is 8.67. The van der Waals surface area contributed by atoms with Gasteiger partial charge >= 0.3 is 0 Å². The molecule has 0 aliphatic carbocycles. The van der Waals surface area contributed by atoms with Crippen molar-refractivity contribution in [2.45, 2.75) is 19.3 Å². The Kier molecular flexibility index (Phi) is 7.87. The summed E-state index contributed by atoms with van der Waals surface area (Å²) in [7, 11) is 0. The van der Waals surface area contributed by atoms with Gasteiger partial charge in [0.15, 0.2) is 0 Å². The van der Waals surface area contributed by atoms with Gasteiger partial charge in [0.1, 0.15) is 5.82 Å². The molecule has 2 N–H and O–H groups in total. The second kappa shape index (κ2) is 11.2. The Hall–Kier alpha value is -3.30. The molecule has 0 spiro atoms. The number of hydrogen-bond donors (Lipinski definition) is 2. The van der Waals surface area contributed by atoms with Crippen molar-refractivity contribution in [3.8, 4) is 0 Å². The molecule has 0 unspecified atom stereocenters. The summed E-state index contributed by atoms with van der Waals surface area (Å²) in [5, 5.41) is 5.70. The Morgan fingerprint density at radius 1 is 0.794 bits per heavy atom. The largest absolute Gasteiger partial charge is 0.326 e. The van der Waals surface area contributed by atoms with Crippen molar-refractivity contribution in [1.82, 2.24) is 9.80 Å². The van der Waals surface area contributed by atoms with Gasteiger partial charge in [0.05, 0.1) is 6.54 Å². The van der Waals surface area contributed by atoms with E-state index in [4.69, 9.17) is 0 Å². The smallest absolute Gasteiger partial charge is 0.238 e. The number of piperazine rings is 1. The quantitative estimate of drug-likeness (QED) is 0.623. The lowest BCUT2D eigenvalue weighted by Crippen LogP contribution is -2.49. The van der Waals surface area contributed by atoms with Crippen LogP contribution in [0.3, 0.4) is 0 Å². The fourth-order valence-corrected chi connectivity index (χ4v) is 4.24. The van der Waals surface area contributed by atoms with Gasteiger partial charge in [-0.05, 0) is 55.0 Å². The Balaban J connectivity index is 1.13. The lowest BCUT2D eigenvalue weighted by Gasteiger charge is -2.34. The van der Waals surface area contributed by atoms with Crippen molar-refractivity contribution < 1.29 is 18.8 Å². The Morgan fingerprint density at radius 3 is 2.00 bits per heavy atom. The first-order valence-corrected chi connectivity index (χ1v) is 11.7. The highest BCUT2D eigenvalue weighted by atomic mass is 19.1. The van der Waals surface area contributed by atoms with Gasteiger partial charge in [-0.2, -0.15) is 0 Å². The minimum atomic E-state index is -0.337. The predicted octanol–water partition coefficient (Wildman–Crippen LogP) is 2.54. The molecule has 2 heterocycles. The third-order valence-electron chi connectivity index (χ3n) is 6.15. The van der Waals surface area contributed by atoms with Crippen LogP contribution in [0.15, 0.2) is 48.5 Å². The zero-order valence-electron chi connectivity index (χ0n) is 19.1. The van der Waals surface area contributed by atoms with Crippen molar-refractivity contribution in [1.29, 1.82) is 0 Å². The average molecular weight is 468 g/mol. The van der Waals surface area contributed by atoms with Crippen LogP contribution in [0.4, 0.5) is 21.5 Å². The summed E-state index contributed by atoms with van der Waals surface area (Å²) in [6.45, 7) is 4.75. The van der Waals surface area contributed by atoms with Gasteiger partial charge in [0, 0.05) is 69.2 Å². The molecule has 0 atom stereocenters. The number of amides is 3. The number of hydrogen-bond acceptors (Lipinski definition) is 5. The fourth-order valence-electron chi connectivity index (χ4n) is 4.24. The maximum atomic E-state index is 13.0. The average Bonchev–Trinajstić information content (AvgIpc) is 3.26. The van der Waals surface area contributed by atoms with Crippen molar-refractivity contribution in [3.05, 3.63) is 54.3 Å². The lowest BCUT2D eigenvalue weighted by molar-refractivity contribution is -0.118. The van der Waals surface area contributed by atoms with E-state index in [0.717, 1.165) is 50.5 Å². The van der Waals surface area contributed by atoms with E-state index in [-0.39, 0.29) is 30.1 Å². The highest BCUT2D eigenvalue weighted by Gasteiger charge is 2.22. The molecular weight excluding hydrogens is 437 g/mol. The van der Waals surface area contributed by atoms with E-state index in [9.17, 15) is 18.8 Å². The van der Waals surface area contributed by atoms with E-state index in [1.807, 2.05) is 24.3 Å². The van der Waals surface area contributed by atoms with Gasteiger partial charge in [-0.15, -0.1) is 0 Å². The molecule has 2 aromatic carbocycles. The molecule has 2 saturated heterocycles. The van der Waals surface area contributed by atoms with Gasteiger partial charge in [-0.1, -0.05) is 0 Å². The van der Waals surface area contributed by atoms with Crippen molar-refractivity contribution in [3.63, 3.8) is 0 Å². The van der Waals surface area contributed by atoms with E-state index < -0.39 is 0 Å². The summed E-state index contributed by atoms with van der Waals surface area (Å²) >= 11 is 0. The fraction of sp³-hybridized carbons (Fsp3) is 0.400. The summed E-state index contributed by atoms with van der Waals surface area (Å²) in [5.74, 6) is -0.369. The zero-order valence-corrected chi connectivity index (χ0v) is 19.1. The maximum absolute atomic E-state index is 13.0. The molecule has 2 aliphatic rings. The Bertz CT molecular complexity index is 1000. The molecule has 34 heavy (non-hydrogen) atoms. The van der Waals surface area contributed by atoms with Crippen LogP contribution in [0.25, 0.3) is 0 Å². The minimum absolute atomic E-state index is 0.0499. The molecule has 0 saturated carbocycles. The molecular formula is C25H30FN5O3. The normalized spacial score (nSPS) is 17.1. The molecule has 2 fully saturated rings. The molecule has 180 valence electrons. The second-order valence-electron chi connectivity index (χ2n) is 8.67. The van der Waals surface area contributed by atoms with Crippen molar-refractivity contribution >= 4 is 34.8 Å². The topological polar surface area (TPSA) is 85.0 Å². The van der Waals surface area contributed by atoms with Gasteiger partial charge < -0.3 is 20.4 Å². The van der Waals surface area contributed by atoms with Crippen LogP contribution >= 0.6 is 0 Å². The van der Waals surface area contributed by atoms with Gasteiger partial charge in [-0.3, -0.25) is 19.3 Å². The van der Waals surface area contributed by atoms with Crippen LogP contribution < -0.4 is 15.5 Å². The Labute approximate surface area is 198 Å². The molecule has 2 aromatic rings. The highest BCUT2D eigenvalue weighted by molar-refractivity contribution is 5.96. The highest BCUT2D eigenvalue weighted by Crippen LogP contribution is 2.23. The number of nitrogens with one attached hydrogen (secondary N) is 2. The molecule has 2 aliphatic heterocycles. The summed E-state index contributed by atoms with van der Waals surface area (Å²) in [4.78, 5) is 42.5. The number of nitrogens with zero attached hydrogens (tertiary/aromatic N) is 3. The lowest BCUT2D eigenvalue weighted by atomic mass is 10.2. The molecule has 4 rings (SSSR count). The van der Waals surface area contributed by atoms with Crippen LogP contribution in [0.1, 0.15) is 19.3 Å². The predicted molar refractivity (Wildman–Crippen MR) is 129 cm³/mol. The molecule has 3 amide bonds. The van der Waals surface area contributed by atoms with E-state index in [1.54, 1.807) is 17.0 Å². The molecule has 0 radical (unpaired) electrons. The summed E-state index contributed by atoms with van der Waals surface area (Å²) in [6.07, 6.45) is 1.86. The van der Waals surface area contributed by atoms with Crippen LogP contribution in [0.5, 0.6) is 0 Å². The molecule has 0 bridgehead atoms. The van der Waals surface area contributed by atoms with Gasteiger partial charge in [0.2, 0.25) is 17.7 Å². The van der Waals surface area contributed by atoms with Crippen LogP contribution in [0, 0.1) is 5.82 Å². The molecule has 9 heteroatoms. The van der Waals surface area contributed by atoms with E-state index in [1.165, 1.54) is 12.1 Å². The van der Waals surface area contributed by atoms with E-state index >= 15 is 0 Å². The van der Waals surface area contributed by atoms with E-state index in [0.29, 0.717) is 25.1 Å². The zero-order chi connectivity index (χ0) is 23.9. The first-order valence-electron chi connectivity index (χ1n) is 11.7. The van der Waals surface area contributed by atoms with Gasteiger partial charge in [-0.25, -0.2) is 4.39 Å². The first kappa shape index (κ1) is 23.8. The van der Waals surface area contributed by atoms with Crippen molar-refractivity contribution in [2.24, 2.45) is 0 Å². The van der Waals surface area contributed by atoms with E-state index in [2.05, 4.69) is 20.4 Å². The third kappa shape index (κ3) is 6.61. The standard InChI is InChI=1S/C25H30FN5O3/c26-19-3-5-20(6-4-19)28-24(33)18-30-16-14-29(15-17-30)13-11-23(32)27-21-7-9-22(10-8-21)31-12-1-2-25(31)34/h3-10H,1-2,11-18H2,(H,27,32)(H,28,33). The first-order chi connectivity index (χ1) is 16.5. The summed E-state index contributed by atoms with van der Waals surface area (Å²) in [5.41, 5.74) is 2.16. The number of halogens is 1. The van der Waals surface area contributed by atoms with Crippen LogP contribution in [-0.2, 0) is 14.4 Å². The monoisotopic (exact) mass is 467 g/mol. The number of benzene rings is 2. The number of carbonyl (C=O) groups excluding carboxylic acids is 3. The SMILES string of the molecule is O=C(CCN1CCN(CC(=O)Nc2ccc(F)cc2)CC1)Nc1ccc(N2CCCC2=O)cc1. The number of anilines is 3. The Morgan fingerprint density at radius 2 is 1.38 bits per heavy atom. The summed E-state index contributed by atoms with van der Waals surface area (Å²) < 4.78 is 13.0. The maximum Gasteiger partial charge on any atom is 0.238 e.